The van der Waals surface area contributed by atoms with Gasteiger partial charge in [-0.05, 0) is 12.1 Å². The van der Waals surface area contributed by atoms with E-state index in [1.54, 1.807) is 12.1 Å². The molecule has 0 spiro atoms. The standard InChI is InChI=1S/C11H6F3N3O2/c12-11(13,14)19-8-2-1-7(6-16)9(5-8)17-10(18)3-4-15/h1-2,5H,3H2,(H,17,18). The van der Waals surface area contributed by atoms with Gasteiger partial charge in [-0.2, -0.15) is 10.5 Å². The molecule has 0 unspecified atom stereocenters. The van der Waals surface area contributed by atoms with Crippen molar-refractivity contribution in [2.24, 2.45) is 0 Å². The maximum Gasteiger partial charge on any atom is 0.573 e. The van der Waals surface area contributed by atoms with Crippen molar-refractivity contribution in [3.63, 3.8) is 0 Å². The number of nitrogens with zero attached hydrogens (tertiary/aromatic N) is 2. The normalized spacial score (nSPS) is 10.2. The summed E-state index contributed by atoms with van der Waals surface area (Å²) in [5.41, 5.74) is -0.190. The minimum atomic E-state index is -4.87. The maximum absolute atomic E-state index is 12.0. The lowest BCUT2D eigenvalue weighted by molar-refractivity contribution is -0.274. The third kappa shape index (κ3) is 4.56. The van der Waals surface area contributed by atoms with Crippen LogP contribution in [0.15, 0.2) is 18.2 Å². The second-order valence-electron chi connectivity index (χ2n) is 3.25. The van der Waals surface area contributed by atoms with Crippen LogP contribution in [0.2, 0.25) is 0 Å². The summed E-state index contributed by atoms with van der Waals surface area (Å²) in [5.74, 6) is -1.30. The summed E-state index contributed by atoms with van der Waals surface area (Å²) in [5, 5.41) is 19.2. The first-order valence-corrected chi connectivity index (χ1v) is 4.82. The topological polar surface area (TPSA) is 85.9 Å². The summed E-state index contributed by atoms with van der Waals surface area (Å²) in [6.45, 7) is 0. The number of hydrogen-bond acceptors (Lipinski definition) is 4. The zero-order valence-corrected chi connectivity index (χ0v) is 9.28. The smallest absolute Gasteiger partial charge is 0.406 e. The summed E-state index contributed by atoms with van der Waals surface area (Å²) < 4.78 is 39.7. The van der Waals surface area contributed by atoms with Crippen molar-refractivity contribution in [2.75, 3.05) is 5.32 Å². The summed E-state index contributed by atoms with van der Waals surface area (Å²) in [4.78, 5) is 11.2. The molecule has 19 heavy (non-hydrogen) atoms. The number of carbonyl (C=O) groups excluding carboxylic acids is 1. The summed E-state index contributed by atoms with van der Waals surface area (Å²) in [6.07, 6.45) is -5.35. The van der Waals surface area contributed by atoms with Gasteiger partial charge in [-0.3, -0.25) is 4.79 Å². The van der Waals surface area contributed by atoms with E-state index in [1.807, 2.05) is 0 Å². The van der Waals surface area contributed by atoms with Crippen molar-refractivity contribution < 1.29 is 22.7 Å². The number of nitriles is 2. The quantitative estimate of drug-likeness (QED) is 0.912. The number of amides is 1. The molecule has 1 aromatic rings. The van der Waals surface area contributed by atoms with E-state index in [0.717, 1.165) is 18.2 Å². The van der Waals surface area contributed by atoms with Gasteiger partial charge in [-0.1, -0.05) is 0 Å². The van der Waals surface area contributed by atoms with Crippen molar-refractivity contribution >= 4 is 11.6 Å². The molecular formula is C11H6F3N3O2. The Morgan fingerprint density at radius 3 is 2.58 bits per heavy atom. The number of alkyl halides is 3. The third-order valence-electron chi connectivity index (χ3n) is 1.86. The molecular weight excluding hydrogens is 263 g/mol. The highest BCUT2D eigenvalue weighted by Gasteiger charge is 2.31. The van der Waals surface area contributed by atoms with Crippen LogP contribution in [0.5, 0.6) is 5.75 Å². The highest BCUT2D eigenvalue weighted by molar-refractivity contribution is 5.93. The van der Waals surface area contributed by atoms with Crippen LogP contribution in [0, 0.1) is 22.7 Å². The number of carbonyl (C=O) groups is 1. The Bertz CT molecular complexity index is 570. The first-order valence-electron chi connectivity index (χ1n) is 4.82. The SMILES string of the molecule is N#CCC(=O)Nc1cc(OC(F)(F)F)ccc1C#N. The zero-order chi connectivity index (χ0) is 14.5. The second kappa shape index (κ2) is 5.74. The van der Waals surface area contributed by atoms with Gasteiger partial charge < -0.3 is 10.1 Å². The predicted molar refractivity (Wildman–Crippen MR) is 56.7 cm³/mol. The molecule has 1 amide bonds. The number of benzene rings is 1. The van der Waals surface area contributed by atoms with E-state index >= 15 is 0 Å². The van der Waals surface area contributed by atoms with Gasteiger partial charge in [0.15, 0.2) is 0 Å². The van der Waals surface area contributed by atoms with Crippen LogP contribution in [-0.2, 0) is 4.79 Å². The molecule has 1 rings (SSSR count). The van der Waals surface area contributed by atoms with E-state index in [1.165, 1.54) is 0 Å². The monoisotopic (exact) mass is 269 g/mol. The van der Waals surface area contributed by atoms with Crippen molar-refractivity contribution in [3.8, 4) is 17.9 Å². The molecule has 0 fully saturated rings. The molecule has 0 aliphatic carbocycles. The number of rotatable bonds is 3. The van der Waals surface area contributed by atoms with Gasteiger partial charge in [0, 0.05) is 6.07 Å². The average molecular weight is 269 g/mol. The molecule has 0 heterocycles. The van der Waals surface area contributed by atoms with Gasteiger partial charge in [0.2, 0.25) is 5.91 Å². The van der Waals surface area contributed by atoms with E-state index in [9.17, 15) is 18.0 Å². The van der Waals surface area contributed by atoms with Gasteiger partial charge in [-0.25, -0.2) is 0 Å². The predicted octanol–water partition coefficient (Wildman–Crippen LogP) is 2.31. The van der Waals surface area contributed by atoms with E-state index in [4.69, 9.17) is 10.5 Å². The maximum atomic E-state index is 12.0. The number of nitrogens with one attached hydrogen (secondary N) is 1. The van der Waals surface area contributed by atoms with Crippen LogP contribution in [-0.4, -0.2) is 12.3 Å². The number of halogens is 3. The molecule has 1 N–H and O–H groups in total. The van der Waals surface area contributed by atoms with Crippen LogP contribution in [0.4, 0.5) is 18.9 Å². The van der Waals surface area contributed by atoms with Gasteiger partial charge in [0.1, 0.15) is 18.2 Å². The molecule has 0 saturated heterocycles. The van der Waals surface area contributed by atoms with Gasteiger partial charge in [0.25, 0.3) is 0 Å². The molecule has 0 atom stereocenters. The van der Waals surface area contributed by atoms with E-state index < -0.39 is 24.4 Å². The third-order valence-corrected chi connectivity index (χ3v) is 1.86. The Kier molecular flexibility index (Phi) is 4.32. The highest BCUT2D eigenvalue weighted by Crippen LogP contribution is 2.27. The molecule has 0 aromatic heterocycles. The molecule has 1 aromatic carbocycles. The van der Waals surface area contributed by atoms with Crippen LogP contribution >= 0.6 is 0 Å². The Labute approximate surface area is 105 Å². The molecule has 5 nitrogen and oxygen atoms in total. The summed E-state index contributed by atoms with van der Waals surface area (Å²) in [7, 11) is 0. The van der Waals surface area contributed by atoms with Crippen LogP contribution < -0.4 is 10.1 Å². The molecule has 0 saturated carbocycles. The van der Waals surface area contributed by atoms with Gasteiger partial charge >= 0.3 is 6.36 Å². The zero-order valence-electron chi connectivity index (χ0n) is 9.28. The van der Waals surface area contributed by atoms with Crippen molar-refractivity contribution in [2.45, 2.75) is 12.8 Å². The molecule has 0 radical (unpaired) electrons. The van der Waals surface area contributed by atoms with Crippen molar-refractivity contribution in [3.05, 3.63) is 23.8 Å². The fourth-order valence-corrected chi connectivity index (χ4v) is 1.19. The van der Waals surface area contributed by atoms with E-state index in [2.05, 4.69) is 10.1 Å². The second-order valence-corrected chi connectivity index (χ2v) is 3.25. The molecule has 98 valence electrons. The lowest BCUT2D eigenvalue weighted by Gasteiger charge is -2.11. The van der Waals surface area contributed by atoms with Crippen molar-refractivity contribution in [1.29, 1.82) is 10.5 Å². The Hall–Kier alpha value is -2.74. The summed E-state index contributed by atoms with van der Waals surface area (Å²) in [6, 6.07) is 6.16. The number of ether oxygens (including phenoxy) is 1. The van der Waals surface area contributed by atoms with Crippen LogP contribution in [0.1, 0.15) is 12.0 Å². The lowest BCUT2D eigenvalue weighted by Crippen LogP contribution is -2.17. The lowest BCUT2D eigenvalue weighted by atomic mass is 10.2. The average Bonchev–Trinajstić information content (AvgIpc) is 2.27. The fourth-order valence-electron chi connectivity index (χ4n) is 1.19. The van der Waals surface area contributed by atoms with E-state index in [0.29, 0.717) is 0 Å². The first-order chi connectivity index (χ1) is 8.85. The highest BCUT2D eigenvalue weighted by atomic mass is 19.4. The minimum absolute atomic E-state index is 0.0409. The molecule has 8 heteroatoms. The molecule has 0 aliphatic heterocycles. The molecule has 0 bridgehead atoms. The minimum Gasteiger partial charge on any atom is -0.406 e. The first kappa shape index (κ1) is 14.3. The molecule has 0 aliphatic rings. The van der Waals surface area contributed by atoms with Crippen LogP contribution in [0.25, 0.3) is 0 Å². The Morgan fingerprint density at radius 2 is 2.05 bits per heavy atom. The van der Waals surface area contributed by atoms with Gasteiger partial charge in [-0.15, -0.1) is 13.2 Å². The number of anilines is 1. The largest absolute Gasteiger partial charge is 0.573 e. The summed E-state index contributed by atoms with van der Waals surface area (Å²) >= 11 is 0. The fraction of sp³-hybridized carbons (Fsp3) is 0.182. The van der Waals surface area contributed by atoms with Gasteiger partial charge in [0.05, 0.1) is 17.3 Å². The van der Waals surface area contributed by atoms with E-state index in [-0.39, 0.29) is 11.3 Å². The van der Waals surface area contributed by atoms with Crippen molar-refractivity contribution in [1.82, 2.24) is 0 Å². The Balaban J connectivity index is 3.01. The van der Waals surface area contributed by atoms with Crippen LogP contribution in [0.3, 0.4) is 0 Å². The Morgan fingerprint density at radius 1 is 1.37 bits per heavy atom. The number of hydrogen-bond donors (Lipinski definition) is 1.